The summed E-state index contributed by atoms with van der Waals surface area (Å²) in [4.78, 5) is 31.9. The molecule has 0 aliphatic carbocycles. The molecule has 0 amide bonds. The maximum Gasteiger partial charge on any atom is 0.338 e. The van der Waals surface area contributed by atoms with Gasteiger partial charge in [0.1, 0.15) is 11.5 Å². The number of hydrogen-bond donors (Lipinski definition) is 0. The minimum Gasteiger partial charge on any atom is -0.497 e. The van der Waals surface area contributed by atoms with Gasteiger partial charge in [-0.2, -0.15) is 0 Å². The minimum atomic E-state index is -0.666. The molecule has 0 radical (unpaired) electrons. The number of thiazole rings is 1. The van der Waals surface area contributed by atoms with Crippen LogP contribution in [0, 0.1) is 0 Å². The molecule has 4 rings (SSSR count). The van der Waals surface area contributed by atoms with Crippen LogP contribution in [0.25, 0.3) is 6.08 Å². The summed E-state index contributed by atoms with van der Waals surface area (Å²) in [6.07, 6.45) is 1.50. The lowest BCUT2D eigenvalue weighted by molar-refractivity contribution is -0.143. The molecule has 1 atom stereocenters. The molecule has 0 saturated heterocycles. The van der Waals surface area contributed by atoms with E-state index in [1.165, 1.54) is 11.3 Å². The summed E-state index contributed by atoms with van der Waals surface area (Å²) in [5.74, 6) is 0.896. The average molecular weight is 479 g/mol. The van der Waals surface area contributed by atoms with Crippen molar-refractivity contribution in [2.24, 2.45) is 4.99 Å². The molecule has 8 heteroatoms. The van der Waals surface area contributed by atoms with Crippen LogP contribution >= 0.6 is 11.3 Å². The van der Waals surface area contributed by atoms with Crippen LogP contribution in [0.5, 0.6) is 11.5 Å². The fourth-order valence-corrected chi connectivity index (χ4v) is 4.89. The Hall–Kier alpha value is -3.65. The van der Waals surface area contributed by atoms with Gasteiger partial charge in [-0.15, -0.1) is 0 Å². The van der Waals surface area contributed by atoms with Gasteiger partial charge < -0.3 is 14.2 Å². The fraction of sp³-hybridized carbons (Fsp3) is 0.269. The van der Waals surface area contributed by atoms with Gasteiger partial charge in [0.15, 0.2) is 4.80 Å². The summed E-state index contributed by atoms with van der Waals surface area (Å²) in [7, 11) is 3.19. The standard InChI is InChI=1S/C26H26N2O5S/c1-15(2)33-25(30)22-16(3)27-26-28(23(22)18-9-11-19(31-4)12-10-18)24(29)21(34-26)14-17-7-6-8-20(13-17)32-5/h6-15,23H,1-5H3/b21-14-/t23-/m0/s1. The normalized spacial score (nSPS) is 15.7. The molecule has 0 saturated carbocycles. The Morgan fingerprint density at radius 2 is 1.79 bits per heavy atom. The van der Waals surface area contributed by atoms with Crippen LogP contribution in [0.3, 0.4) is 0 Å². The Kier molecular flexibility index (Phi) is 6.70. The highest BCUT2D eigenvalue weighted by Crippen LogP contribution is 2.31. The number of carbonyl (C=O) groups excluding carboxylic acids is 1. The van der Waals surface area contributed by atoms with Crippen molar-refractivity contribution < 1.29 is 19.0 Å². The second-order valence-corrected chi connectivity index (χ2v) is 9.09. The molecule has 1 aliphatic rings. The molecule has 34 heavy (non-hydrogen) atoms. The van der Waals surface area contributed by atoms with Gasteiger partial charge in [-0.25, -0.2) is 9.79 Å². The van der Waals surface area contributed by atoms with E-state index in [0.717, 1.165) is 11.1 Å². The topological polar surface area (TPSA) is 79.1 Å². The summed E-state index contributed by atoms with van der Waals surface area (Å²) in [6, 6.07) is 14.1. The van der Waals surface area contributed by atoms with E-state index < -0.39 is 12.0 Å². The van der Waals surface area contributed by atoms with E-state index in [0.29, 0.717) is 32.1 Å². The summed E-state index contributed by atoms with van der Waals surface area (Å²) in [5, 5.41) is 0. The number of rotatable bonds is 6. The smallest absolute Gasteiger partial charge is 0.338 e. The second kappa shape index (κ2) is 9.69. The largest absolute Gasteiger partial charge is 0.497 e. The average Bonchev–Trinajstić information content (AvgIpc) is 3.12. The van der Waals surface area contributed by atoms with Crippen LogP contribution in [0.4, 0.5) is 0 Å². The SMILES string of the molecule is COc1ccc([C@H]2C(C(=O)OC(C)C)=C(C)N=c3s/c(=C\c4cccc(OC)c4)c(=O)n32)cc1. The molecule has 0 unspecified atom stereocenters. The number of nitrogens with zero attached hydrogens (tertiary/aromatic N) is 2. The zero-order valence-electron chi connectivity index (χ0n) is 19.7. The summed E-state index contributed by atoms with van der Waals surface area (Å²) < 4.78 is 18.2. The highest BCUT2D eigenvalue weighted by Gasteiger charge is 2.33. The third kappa shape index (κ3) is 4.54. The van der Waals surface area contributed by atoms with Crippen LogP contribution in [-0.4, -0.2) is 30.9 Å². The molecule has 176 valence electrons. The number of fused-ring (bicyclic) bond motifs is 1. The van der Waals surface area contributed by atoms with Crippen molar-refractivity contribution in [2.75, 3.05) is 14.2 Å². The quantitative estimate of drug-likeness (QED) is 0.509. The van der Waals surface area contributed by atoms with E-state index in [4.69, 9.17) is 14.2 Å². The number of methoxy groups -OCH3 is 2. The maximum absolute atomic E-state index is 13.6. The van der Waals surface area contributed by atoms with Crippen LogP contribution in [-0.2, 0) is 9.53 Å². The Morgan fingerprint density at radius 1 is 1.09 bits per heavy atom. The Bertz CT molecular complexity index is 1430. The molecule has 0 bridgehead atoms. The van der Waals surface area contributed by atoms with Gasteiger partial charge in [0, 0.05) is 0 Å². The molecule has 2 aromatic carbocycles. The zero-order chi connectivity index (χ0) is 24.4. The van der Waals surface area contributed by atoms with Crippen LogP contribution in [0.15, 0.2) is 69.6 Å². The van der Waals surface area contributed by atoms with Crippen molar-refractivity contribution in [3.63, 3.8) is 0 Å². The lowest BCUT2D eigenvalue weighted by atomic mass is 9.96. The number of aromatic nitrogens is 1. The van der Waals surface area contributed by atoms with Crippen molar-refractivity contribution in [3.05, 3.63) is 90.6 Å². The Balaban J connectivity index is 1.92. The lowest BCUT2D eigenvalue weighted by Crippen LogP contribution is -2.40. The summed E-state index contributed by atoms with van der Waals surface area (Å²) >= 11 is 1.28. The van der Waals surface area contributed by atoms with E-state index in [-0.39, 0.29) is 11.7 Å². The van der Waals surface area contributed by atoms with E-state index in [1.54, 1.807) is 39.6 Å². The first-order valence-corrected chi connectivity index (χ1v) is 11.7. The molecule has 0 spiro atoms. The molecular weight excluding hydrogens is 452 g/mol. The Labute approximate surface area is 201 Å². The summed E-state index contributed by atoms with van der Waals surface area (Å²) in [5.41, 5.74) is 2.25. The van der Waals surface area contributed by atoms with Gasteiger partial charge in [0.05, 0.1) is 42.2 Å². The molecule has 1 aromatic heterocycles. The van der Waals surface area contributed by atoms with Gasteiger partial charge in [0.2, 0.25) is 0 Å². The van der Waals surface area contributed by atoms with Crippen LogP contribution in [0.2, 0.25) is 0 Å². The van der Waals surface area contributed by atoms with E-state index in [1.807, 2.05) is 54.6 Å². The fourth-order valence-electron chi connectivity index (χ4n) is 3.84. The maximum atomic E-state index is 13.6. The van der Waals surface area contributed by atoms with Crippen molar-refractivity contribution in [1.82, 2.24) is 4.57 Å². The summed E-state index contributed by atoms with van der Waals surface area (Å²) in [6.45, 7) is 5.35. The molecule has 2 heterocycles. The minimum absolute atomic E-state index is 0.227. The van der Waals surface area contributed by atoms with Crippen molar-refractivity contribution in [3.8, 4) is 11.5 Å². The van der Waals surface area contributed by atoms with Crippen molar-refractivity contribution in [2.45, 2.75) is 32.9 Å². The van der Waals surface area contributed by atoms with Crippen molar-refractivity contribution in [1.29, 1.82) is 0 Å². The van der Waals surface area contributed by atoms with Gasteiger partial charge in [-0.1, -0.05) is 35.6 Å². The third-order valence-electron chi connectivity index (χ3n) is 5.41. The van der Waals surface area contributed by atoms with Gasteiger partial charge in [0.25, 0.3) is 5.56 Å². The van der Waals surface area contributed by atoms with Crippen molar-refractivity contribution >= 4 is 23.4 Å². The molecule has 1 aliphatic heterocycles. The van der Waals surface area contributed by atoms with E-state index >= 15 is 0 Å². The third-order valence-corrected chi connectivity index (χ3v) is 6.39. The molecule has 0 fully saturated rings. The highest BCUT2D eigenvalue weighted by molar-refractivity contribution is 7.07. The Morgan fingerprint density at radius 3 is 2.44 bits per heavy atom. The van der Waals surface area contributed by atoms with Crippen LogP contribution < -0.4 is 24.4 Å². The zero-order valence-corrected chi connectivity index (χ0v) is 20.5. The number of esters is 1. The van der Waals surface area contributed by atoms with E-state index in [9.17, 15) is 9.59 Å². The number of carbonyl (C=O) groups is 1. The van der Waals surface area contributed by atoms with Crippen LogP contribution in [0.1, 0.15) is 37.9 Å². The molecular formula is C26H26N2O5S. The number of allylic oxidation sites excluding steroid dienone is 1. The molecule has 0 N–H and O–H groups in total. The predicted molar refractivity (Wildman–Crippen MR) is 131 cm³/mol. The van der Waals surface area contributed by atoms with Gasteiger partial charge in [-0.05, 0) is 62.2 Å². The highest BCUT2D eigenvalue weighted by atomic mass is 32.1. The van der Waals surface area contributed by atoms with E-state index in [2.05, 4.69) is 4.99 Å². The van der Waals surface area contributed by atoms with Gasteiger partial charge >= 0.3 is 5.97 Å². The molecule has 7 nitrogen and oxygen atoms in total. The molecule has 3 aromatic rings. The first kappa shape index (κ1) is 23.5. The number of benzene rings is 2. The monoisotopic (exact) mass is 478 g/mol. The number of ether oxygens (including phenoxy) is 3. The second-order valence-electron chi connectivity index (χ2n) is 8.09. The first-order chi connectivity index (χ1) is 16.3. The number of hydrogen-bond acceptors (Lipinski definition) is 7. The first-order valence-electron chi connectivity index (χ1n) is 10.8. The van der Waals surface area contributed by atoms with Gasteiger partial charge in [-0.3, -0.25) is 9.36 Å². The lowest BCUT2D eigenvalue weighted by Gasteiger charge is -2.25. The predicted octanol–water partition coefficient (Wildman–Crippen LogP) is 3.20.